The average Bonchev–Trinajstić information content (AvgIpc) is 2.85. The van der Waals surface area contributed by atoms with Crippen molar-refractivity contribution >= 4 is 11.3 Å². The van der Waals surface area contributed by atoms with E-state index in [9.17, 15) is 9.50 Å². The Bertz CT molecular complexity index is 487. The summed E-state index contributed by atoms with van der Waals surface area (Å²) in [6.45, 7) is 0. The van der Waals surface area contributed by atoms with Gasteiger partial charge in [-0.2, -0.15) is 0 Å². The number of ether oxygens (including phenoxy) is 1. The van der Waals surface area contributed by atoms with Crippen molar-refractivity contribution in [3.63, 3.8) is 0 Å². The summed E-state index contributed by atoms with van der Waals surface area (Å²) in [6, 6.07) is 4.88. The number of aliphatic hydroxyl groups is 1. The molecule has 0 radical (unpaired) electrons. The lowest BCUT2D eigenvalue weighted by Gasteiger charge is -2.10. The van der Waals surface area contributed by atoms with Gasteiger partial charge in [0.1, 0.15) is 11.1 Å². The smallest absolute Gasteiger partial charge is 0.168 e. The number of rotatable bonds is 4. The van der Waals surface area contributed by atoms with Crippen LogP contribution in [0.25, 0.3) is 0 Å². The molecular formula is C12H12FNO2S. The Morgan fingerprint density at radius 2 is 2.35 bits per heavy atom. The van der Waals surface area contributed by atoms with Crippen LogP contribution in [-0.4, -0.2) is 17.2 Å². The molecule has 1 atom stereocenters. The molecule has 0 fully saturated rings. The third-order valence-electron chi connectivity index (χ3n) is 2.41. The van der Waals surface area contributed by atoms with Crippen LogP contribution in [0.2, 0.25) is 0 Å². The molecule has 1 N–H and O–H groups in total. The van der Waals surface area contributed by atoms with Gasteiger partial charge >= 0.3 is 0 Å². The molecule has 0 saturated carbocycles. The van der Waals surface area contributed by atoms with Crippen LogP contribution in [0.5, 0.6) is 5.75 Å². The molecule has 0 amide bonds. The Kier molecular flexibility index (Phi) is 3.71. The highest BCUT2D eigenvalue weighted by Gasteiger charge is 2.15. The van der Waals surface area contributed by atoms with Crippen molar-refractivity contribution in [2.45, 2.75) is 12.5 Å². The van der Waals surface area contributed by atoms with E-state index in [1.54, 1.807) is 29.8 Å². The molecule has 1 aromatic heterocycles. The largest absolute Gasteiger partial charge is 0.494 e. The van der Waals surface area contributed by atoms with Crippen molar-refractivity contribution in [2.24, 2.45) is 0 Å². The molecule has 0 saturated heterocycles. The molecule has 0 bridgehead atoms. The van der Waals surface area contributed by atoms with Gasteiger partial charge in [-0.25, -0.2) is 9.37 Å². The number of hydrogen-bond acceptors (Lipinski definition) is 4. The monoisotopic (exact) mass is 253 g/mol. The first kappa shape index (κ1) is 12.0. The molecule has 0 aliphatic heterocycles. The predicted octanol–water partition coefficient (Wildman–Crippen LogP) is 2.57. The number of aromatic nitrogens is 1. The van der Waals surface area contributed by atoms with Crippen LogP contribution in [0, 0.1) is 5.82 Å². The molecule has 2 aromatic rings. The Labute approximate surface area is 103 Å². The summed E-state index contributed by atoms with van der Waals surface area (Å²) in [4.78, 5) is 4.00. The lowest BCUT2D eigenvalue weighted by molar-refractivity contribution is 0.176. The van der Waals surface area contributed by atoms with Gasteiger partial charge in [-0.3, -0.25) is 0 Å². The third kappa shape index (κ3) is 2.62. The molecule has 1 aromatic carbocycles. The average molecular weight is 253 g/mol. The van der Waals surface area contributed by atoms with Gasteiger partial charge in [-0.15, -0.1) is 11.3 Å². The maximum Gasteiger partial charge on any atom is 0.168 e. The lowest BCUT2D eigenvalue weighted by atomic mass is 10.1. The molecule has 2 rings (SSSR count). The van der Waals surface area contributed by atoms with E-state index in [-0.39, 0.29) is 12.2 Å². The zero-order chi connectivity index (χ0) is 12.3. The SMILES string of the molecule is COc1cccc(CC(O)c2nccs2)c1F. The molecule has 0 aliphatic rings. The first-order valence-electron chi connectivity index (χ1n) is 5.11. The minimum Gasteiger partial charge on any atom is -0.494 e. The fourth-order valence-electron chi connectivity index (χ4n) is 1.57. The van der Waals surface area contributed by atoms with Crippen LogP contribution in [0.3, 0.4) is 0 Å². The van der Waals surface area contributed by atoms with E-state index < -0.39 is 11.9 Å². The van der Waals surface area contributed by atoms with Gasteiger partial charge in [0.05, 0.1) is 7.11 Å². The minimum absolute atomic E-state index is 0.189. The van der Waals surface area contributed by atoms with Crippen LogP contribution in [-0.2, 0) is 6.42 Å². The quantitative estimate of drug-likeness (QED) is 0.910. The Balaban J connectivity index is 2.19. The summed E-state index contributed by atoms with van der Waals surface area (Å²) in [5, 5.41) is 12.3. The first-order chi connectivity index (χ1) is 8.22. The number of nitrogens with zero attached hydrogens (tertiary/aromatic N) is 1. The van der Waals surface area contributed by atoms with E-state index in [1.807, 2.05) is 0 Å². The molecule has 1 heterocycles. The highest BCUT2D eigenvalue weighted by Crippen LogP contribution is 2.25. The minimum atomic E-state index is -0.781. The van der Waals surface area contributed by atoms with Crippen LogP contribution >= 0.6 is 11.3 Å². The summed E-state index contributed by atoms with van der Waals surface area (Å²) in [5.41, 5.74) is 0.423. The first-order valence-corrected chi connectivity index (χ1v) is 5.99. The van der Waals surface area contributed by atoms with E-state index in [2.05, 4.69) is 4.98 Å². The molecule has 3 nitrogen and oxygen atoms in total. The van der Waals surface area contributed by atoms with Gasteiger partial charge in [0.15, 0.2) is 11.6 Å². The van der Waals surface area contributed by atoms with Crippen molar-refractivity contribution in [3.05, 3.63) is 46.2 Å². The van der Waals surface area contributed by atoms with E-state index in [0.717, 1.165) is 0 Å². The van der Waals surface area contributed by atoms with Gasteiger partial charge < -0.3 is 9.84 Å². The second-order valence-corrected chi connectivity index (χ2v) is 4.45. The molecule has 0 spiro atoms. The number of thiazole rings is 1. The topological polar surface area (TPSA) is 42.4 Å². The Morgan fingerprint density at radius 1 is 1.53 bits per heavy atom. The van der Waals surface area contributed by atoms with Crippen LogP contribution in [0.15, 0.2) is 29.8 Å². The van der Waals surface area contributed by atoms with Crippen molar-refractivity contribution in [3.8, 4) is 5.75 Å². The van der Waals surface area contributed by atoms with E-state index >= 15 is 0 Å². The van der Waals surface area contributed by atoms with Crippen molar-refractivity contribution in [2.75, 3.05) is 7.11 Å². The van der Waals surface area contributed by atoms with E-state index in [0.29, 0.717) is 10.6 Å². The highest BCUT2D eigenvalue weighted by atomic mass is 32.1. The third-order valence-corrected chi connectivity index (χ3v) is 3.29. The fourth-order valence-corrected chi connectivity index (χ4v) is 2.19. The number of hydrogen-bond donors (Lipinski definition) is 1. The Morgan fingerprint density at radius 3 is 3.00 bits per heavy atom. The number of halogens is 1. The van der Waals surface area contributed by atoms with Crippen molar-refractivity contribution < 1.29 is 14.2 Å². The number of aliphatic hydroxyl groups excluding tert-OH is 1. The lowest BCUT2D eigenvalue weighted by Crippen LogP contribution is -2.04. The molecule has 17 heavy (non-hydrogen) atoms. The standard InChI is InChI=1S/C12H12FNO2S/c1-16-10-4-2-3-8(11(10)13)7-9(15)12-14-5-6-17-12/h2-6,9,15H,7H2,1H3. The summed E-state index contributed by atoms with van der Waals surface area (Å²) >= 11 is 1.35. The van der Waals surface area contributed by atoms with Gasteiger partial charge in [0.25, 0.3) is 0 Å². The van der Waals surface area contributed by atoms with Crippen LogP contribution < -0.4 is 4.74 Å². The van der Waals surface area contributed by atoms with Crippen LogP contribution in [0.4, 0.5) is 4.39 Å². The van der Waals surface area contributed by atoms with Crippen molar-refractivity contribution in [1.82, 2.24) is 4.98 Å². The summed E-state index contributed by atoms with van der Waals surface area (Å²) in [7, 11) is 1.42. The maximum absolute atomic E-state index is 13.8. The summed E-state index contributed by atoms with van der Waals surface area (Å²) in [6.07, 6.45) is 1.03. The molecular weight excluding hydrogens is 241 g/mol. The molecule has 5 heteroatoms. The second kappa shape index (κ2) is 5.25. The van der Waals surface area contributed by atoms with E-state index in [4.69, 9.17) is 4.74 Å². The van der Waals surface area contributed by atoms with Gasteiger partial charge in [0.2, 0.25) is 0 Å². The normalized spacial score (nSPS) is 12.4. The van der Waals surface area contributed by atoms with Crippen molar-refractivity contribution in [1.29, 1.82) is 0 Å². The van der Waals surface area contributed by atoms with Gasteiger partial charge in [-0.05, 0) is 11.6 Å². The van der Waals surface area contributed by atoms with Crippen LogP contribution in [0.1, 0.15) is 16.7 Å². The Hall–Kier alpha value is -1.46. The fraction of sp³-hybridized carbons (Fsp3) is 0.250. The summed E-state index contributed by atoms with van der Waals surface area (Å²) < 4.78 is 18.7. The van der Waals surface area contributed by atoms with Gasteiger partial charge in [-0.1, -0.05) is 12.1 Å². The second-order valence-electron chi connectivity index (χ2n) is 3.52. The zero-order valence-corrected chi connectivity index (χ0v) is 10.1. The summed E-state index contributed by atoms with van der Waals surface area (Å²) in [5.74, 6) is -0.237. The maximum atomic E-state index is 13.8. The molecule has 0 aliphatic carbocycles. The van der Waals surface area contributed by atoms with Gasteiger partial charge in [0, 0.05) is 18.0 Å². The predicted molar refractivity (Wildman–Crippen MR) is 63.7 cm³/mol. The molecule has 90 valence electrons. The zero-order valence-electron chi connectivity index (χ0n) is 9.26. The number of methoxy groups -OCH3 is 1. The highest BCUT2D eigenvalue weighted by molar-refractivity contribution is 7.09. The van der Waals surface area contributed by atoms with E-state index in [1.165, 1.54) is 18.4 Å². The number of benzene rings is 1. The molecule has 1 unspecified atom stereocenters.